The van der Waals surface area contributed by atoms with Crippen LogP contribution in [0.15, 0.2) is 0 Å². The average Bonchev–Trinajstić information content (AvgIpc) is 3.16. The number of esters is 2. The van der Waals surface area contributed by atoms with Crippen molar-refractivity contribution in [3.8, 4) is 0 Å². The first-order valence-electron chi connectivity index (χ1n) is 21.4. The van der Waals surface area contributed by atoms with E-state index in [4.69, 9.17) is 19.7 Å². The normalized spacial score (nSPS) is 20.9. The third-order valence-electron chi connectivity index (χ3n) is 9.99. The first kappa shape index (κ1) is 78.0. The Morgan fingerprint density at radius 1 is 0.508 bits per heavy atom. The van der Waals surface area contributed by atoms with Gasteiger partial charge in [0.25, 0.3) is 7.82 Å². The molecule has 356 valence electrons. The van der Waals surface area contributed by atoms with Gasteiger partial charge in [0.2, 0.25) is 0 Å². The molecule has 1 aliphatic rings. The number of phosphoric ester groups is 3. The molecule has 1 saturated carbocycles. The molecular weight excluding hydrogens is 970 g/mol. The Labute approximate surface area is 496 Å². The summed E-state index contributed by atoms with van der Waals surface area (Å²) in [5.74, 6) is -1.38. The van der Waals surface area contributed by atoms with Crippen molar-refractivity contribution < 1.29 is 238 Å². The van der Waals surface area contributed by atoms with Gasteiger partial charge in [0.05, 0.1) is 22.3 Å². The Kier molecular flexibility index (Phi) is 54.6. The van der Waals surface area contributed by atoms with Crippen molar-refractivity contribution >= 4 is 35.4 Å². The second kappa shape index (κ2) is 45.5. The maximum absolute atomic E-state index is 12.9. The van der Waals surface area contributed by atoms with E-state index in [0.717, 1.165) is 83.5 Å². The van der Waals surface area contributed by atoms with Gasteiger partial charge in [0, 0.05) is 12.8 Å². The summed E-state index contributed by atoms with van der Waals surface area (Å²) in [4.78, 5) is 83.1. The Morgan fingerprint density at radius 3 is 1.26 bits per heavy atom. The van der Waals surface area contributed by atoms with Gasteiger partial charge in [0.1, 0.15) is 43.2 Å². The maximum Gasteiger partial charge on any atom is 1.00 e. The molecule has 0 saturated heterocycles. The Hall–Kier alpha value is 4.11. The van der Waals surface area contributed by atoms with Crippen LogP contribution in [0.4, 0.5) is 0 Å². The number of hydrogen-bond acceptors (Lipinski definition) is 20. The van der Waals surface area contributed by atoms with Crippen molar-refractivity contribution in [1.82, 2.24) is 0 Å². The zero-order valence-corrected chi connectivity index (χ0v) is 52.6. The molecule has 0 amide bonds. The molecule has 1 unspecified atom stereocenters. The van der Waals surface area contributed by atoms with Gasteiger partial charge in [-0.15, -0.1) is 0 Å². The summed E-state index contributed by atoms with van der Waals surface area (Å²) in [6.45, 7) is 1.24. The predicted molar refractivity (Wildman–Crippen MR) is 208 cm³/mol. The number of unbranched alkanes of at least 4 members (excludes halogenated alkanes) is 20. The van der Waals surface area contributed by atoms with Gasteiger partial charge in [-0.2, -0.15) is 0 Å². The van der Waals surface area contributed by atoms with Crippen molar-refractivity contribution in [3.05, 3.63) is 0 Å². The molecule has 0 aliphatic heterocycles. The smallest absolute Gasteiger partial charge is 0.790 e. The van der Waals surface area contributed by atoms with Crippen LogP contribution in [0, 0.1) is 0 Å². The number of nitrogens with two attached hydrogens (primary N) is 1. The molecule has 0 aromatic heterocycles. The van der Waals surface area contributed by atoms with Gasteiger partial charge in [-0.3, -0.25) is 14.2 Å². The minimum absolute atomic E-state index is 0. The fourth-order valence-corrected chi connectivity index (χ4v) is 8.79. The number of hydrogen-bond donors (Lipinski definition) is 4. The van der Waals surface area contributed by atoms with Crippen LogP contribution in [0.3, 0.4) is 0 Å². The second-order valence-electron chi connectivity index (χ2n) is 15.3. The molecule has 20 nitrogen and oxygen atoms in total. The zero-order valence-electron chi connectivity index (χ0n) is 39.9. The van der Waals surface area contributed by atoms with Crippen molar-refractivity contribution in [2.24, 2.45) is 5.73 Å². The number of rotatable bonds is 37. The van der Waals surface area contributed by atoms with E-state index in [1.807, 2.05) is 0 Å². The van der Waals surface area contributed by atoms with Crippen molar-refractivity contribution in [3.63, 3.8) is 0 Å². The first-order chi connectivity index (χ1) is 28.3. The number of phosphoric acid groups is 3. The average molecular weight is 1040 g/mol. The molecule has 0 bridgehead atoms. The summed E-state index contributed by atoms with van der Waals surface area (Å²) in [7, 11) is -18.0. The van der Waals surface area contributed by atoms with Crippen LogP contribution in [0.25, 0.3) is 0 Å². The molecule has 1 fully saturated rings. The summed E-state index contributed by atoms with van der Waals surface area (Å²) in [6.07, 6.45) is 5.23. The van der Waals surface area contributed by atoms with E-state index in [-0.39, 0.29) is 161 Å². The minimum Gasteiger partial charge on any atom is -0.790 e. The molecule has 0 heterocycles. The van der Waals surface area contributed by atoms with Gasteiger partial charge in [0.15, 0.2) is 6.10 Å². The van der Waals surface area contributed by atoms with Gasteiger partial charge >= 0.3 is 160 Å². The Morgan fingerprint density at radius 2 is 0.862 bits per heavy atom. The molecule has 0 aromatic carbocycles. The van der Waals surface area contributed by atoms with E-state index in [1.165, 1.54) is 44.9 Å². The summed E-state index contributed by atoms with van der Waals surface area (Å²) >= 11 is 0. The quantitative estimate of drug-likeness (QED) is 0.0194. The van der Waals surface area contributed by atoms with Crippen LogP contribution in [0.2, 0.25) is 0 Å². The summed E-state index contributed by atoms with van der Waals surface area (Å²) < 4.78 is 63.5. The fraction of sp³-hybridized carbons (Fsp3) is 0.946. The molecule has 1 rings (SSSR count). The monoisotopic (exact) mass is 1040 g/mol. The van der Waals surface area contributed by atoms with Crippen LogP contribution < -0.4 is 178 Å². The minimum atomic E-state index is -6.15. The van der Waals surface area contributed by atoms with Gasteiger partial charge in [-0.25, -0.2) is 0 Å². The third kappa shape index (κ3) is 41.1. The largest absolute Gasteiger partial charge is 1.00 e. The number of aliphatic hydroxyl groups is 3. The van der Waals surface area contributed by atoms with E-state index >= 15 is 0 Å². The maximum atomic E-state index is 12.9. The topological polar surface area (TPSA) is 343 Å². The Balaban J connectivity index is -0.00000240. The van der Waals surface area contributed by atoms with Crippen molar-refractivity contribution in [2.75, 3.05) is 19.8 Å². The van der Waals surface area contributed by atoms with Gasteiger partial charge in [-0.05, 0) is 25.8 Å². The van der Waals surface area contributed by atoms with Gasteiger partial charge in [-0.1, -0.05) is 129 Å². The van der Waals surface area contributed by atoms with Crippen LogP contribution in [-0.4, -0.2) is 89.7 Å². The SMILES string of the molecule is CCCCCCCCCCCCCCCC(=O)O[C@H](COC(=O)CCCCCCCCCCCN)COP(=O)([O-])O[C@H]1[C@H](O)[C@@H](O)[C@H](OP(=O)([O-])[O-])[C@@H](OP(=O)([O-])[O-])[C@H]1O.[Na+].[Na+].[Na+].[Na+].[Na+]. The molecule has 28 heteroatoms. The van der Waals surface area contributed by atoms with Crippen molar-refractivity contribution in [2.45, 2.75) is 204 Å². The van der Waals surface area contributed by atoms with E-state index in [9.17, 15) is 63.1 Å². The zero-order chi connectivity index (χ0) is 45.0. The fourth-order valence-electron chi connectivity index (χ4n) is 6.75. The van der Waals surface area contributed by atoms with Crippen LogP contribution in [-0.2, 0) is 50.9 Å². The second-order valence-corrected chi connectivity index (χ2v) is 18.9. The molecule has 8 atom stereocenters. The molecule has 0 radical (unpaired) electrons. The van der Waals surface area contributed by atoms with E-state index in [2.05, 4.69) is 20.5 Å². The van der Waals surface area contributed by atoms with Gasteiger partial charge < -0.3 is 82.2 Å². The molecule has 1 aliphatic carbocycles. The molecule has 0 aromatic rings. The third-order valence-corrected chi connectivity index (χ3v) is 12.0. The number of carbonyl (C=O) groups excluding carboxylic acids is 2. The van der Waals surface area contributed by atoms with Crippen LogP contribution >= 0.6 is 23.5 Å². The van der Waals surface area contributed by atoms with E-state index in [1.54, 1.807) is 0 Å². The standard InChI is InChI=1S/C37H74NO19P3.5Na/c1-2-3-4-5-6-7-8-9-10-12-16-19-22-25-31(40)54-29(27-52-30(39)24-21-18-15-13-11-14-17-20-23-26-38)28-53-60(50,51)57-35-32(41)33(42)36(55-58(44,45)46)37(34(35)43)56-59(47,48)49;;;;;/h29,32-37,41-43H,2-28,38H2,1H3,(H,50,51)(H2,44,45,46)(H2,47,48,49);;;;;/q;5*+1/p-5/t29-,32-,33-,34+,35+,36+,37+;;;;;/m1...../s1. The Bertz CT molecular complexity index is 1330. The van der Waals surface area contributed by atoms with E-state index < -0.39 is 91.3 Å². The number of ether oxygens (including phenoxy) is 2. The van der Waals surface area contributed by atoms with E-state index in [0.29, 0.717) is 19.4 Å². The predicted octanol–water partition coefficient (Wildman–Crippen LogP) is -12.8. The summed E-state index contributed by atoms with van der Waals surface area (Å²) in [5, 5.41) is 31.4. The molecule has 0 spiro atoms. The van der Waals surface area contributed by atoms with Crippen LogP contribution in [0.1, 0.15) is 161 Å². The van der Waals surface area contributed by atoms with Crippen LogP contribution in [0.5, 0.6) is 0 Å². The molecule has 5 N–H and O–H groups in total. The summed E-state index contributed by atoms with van der Waals surface area (Å²) in [6, 6.07) is 0. The van der Waals surface area contributed by atoms with Crippen molar-refractivity contribution in [1.29, 1.82) is 0 Å². The number of carbonyl (C=O) groups is 2. The molecular formula is C37H69NNa5O19P3. The summed E-state index contributed by atoms with van der Waals surface area (Å²) in [5.41, 5.74) is 5.51. The molecule has 65 heavy (non-hydrogen) atoms. The number of aliphatic hydroxyl groups excluding tert-OH is 3. The first-order valence-corrected chi connectivity index (χ1v) is 25.8.